The van der Waals surface area contributed by atoms with E-state index in [0.29, 0.717) is 12.2 Å². The minimum absolute atomic E-state index is 0.105. The number of aromatic nitrogens is 2. The van der Waals surface area contributed by atoms with Crippen LogP contribution < -0.4 is 5.32 Å². The smallest absolute Gasteiger partial charge is 0.326 e. The zero-order chi connectivity index (χ0) is 15.2. The number of aliphatic hydroxyl groups excluding tert-OH is 1. The number of nitrogens with one attached hydrogen (secondary N) is 2. The van der Waals surface area contributed by atoms with Crippen molar-refractivity contribution in [3.05, 3.63) is 18.2 Å². The average Bonchev–Trinajstić information content (AvgIpc) is 2.99. The quantitative estimate of drug-likeness (QED) is 0.608. The predicted octanol–water partition coefficient (Wildman–Crippen LogP) is -0.0382. The summed E-state index contributed by atoms with van der Waals surface area (Å²) in [6, 6.07) is -1.71. The third-order valence-electron chi connectivity index (χ3n) is 3.67. The van der Waals surface area contributed by atoms with Crippen molar-refractivity contribution in [3.63, 3.8) is 0 Å². The normalized spacial score (nSPS) is 20.0. The molecule has 0 saturated carbocycles. The van der Waals surface area contributed by atoms with Crippen LogP contribution in [0.1, 0.15) is 25.0 Å². The molecular weight excluding hydrogens is 276 g/mol. The largest absolute Gasteiger partial charge is 0.480 e. The number of aliphatic hydroxyl groups is 1. The molecular formula is C13H20N4O4. The Bertz CT molecular complexity index is 477. The van der Waals surface area contributed by atoms with E-state index < -0.39 is 18.0 Å². The summed E-state index contributed by atoms with van der Waals surface area (Å²) in [4.78, 5) is 31.7. The van der Waals surface area contributed by atoms with Crippen LogP contribution in [0.5, 0.6) is 0 Å². The van der Waals surface area contributed by atoms with Gasteiger partial charge in [0.15, 0.2) is 0 Å². The highest BCUT2D eigenvalue weighted by molar-refractivity contribution is 5.83. The monoisotopic (exact) mass is 296 g/mol. The van der Waals surface area contributed by atoms with Crippen molar-refractivity contribution >= 4 is 12.0 Å². The van der Waals surface area contributed by atoms with E-state index in [1.165, 1.54) is 17.4 Å². The highest BCUT2D eigenvalue weighted by atomic mass is 16.4. The maximum absolute atomic E-state index is 12.2. The summed E-state index contributed by atoms with van der Waals surface area (Å²) in [6.45, 7) is 0.430. The lowest BCUT2D eigenvalue weighted by atomic mass is 10.0. The van der Waals surface area contributed by atoms with Crippen molar-refractivity contribution < 1.29 is 19.8 Å². The summed E-state index contributed by atoms with van der Waals surface area (Å²) in [7, 11) is 0. The summed E-state index contributed by atoms with van der Waals surface area (Å²) in [6.07, 6.45) is 5.69. The number of urea groups is 1. The Balaban J connectivity index is 1.98. The first-order valence-corrected chi connectivity index (χ1v) is 7.00. The Morgan fingerprint density at radius 3 is 2.95 bits per heavy atom. The average molecular weight is 296 g/mol. The van der Waals surface area contributed by atoms with Gasteiger partial charge < -0.3 is 25.4 Å². The van der Waals surface area contributed by atoms with E-state index in [1.54, 1.807) is 0 Å². The number of aromatic amines is 1. The zero-order valence-corrected chi connectivity index (χ0v) is 11.7. The molecule has 2 amide bonds. The highest BCUT2D eigenvalue weighted by Gasteiger charge is 2.29. The molecule has 8 nitrogen and oxygen atoms in total. The van der Waals surface area contributed by atoms with Crippen molar-refractivity contribution in [2.75, 3.05) is 13.2 Å². The van der Waals surface area contributed by atoms with Gasteiger partial charge in [0, 0.05) is 24.9 Å². The number of H-pyrrole nitrogens is 1. The minimum Gasteiger partial charge on any atom is -0.480 e. The zero-order valence-electron chi connectivity index (χ0n) is 11.7. The van der Waals surface area contributed by atoms with E-state index in [2.05, 4.69) is 15.3 Å². The predicted molar refractivity (Wildman–Crippen MR) is 73.7 cm³/mol. The summed E-state index contributed by atoms with van der Waals surface area (Å²) >= 11 is 0. The van der Waals surface area contributed by atoms with Crippen LogP contribution in [0.3, 0.4) is 0 Å². The molecule has 2 atom stereocenters. The van der Waals surface area contributed by atoms with Gasteiger partial charge in [-0.05, 0) is 19.3 Å². The Morgan fingerprint density at radius 2 is 2.33 bits per heavy atom. The maximum Gasteiger partial charge on any atom is 0.326 e. The van der Waals surface area contributed by atoms with Crippen molar-refractivity contribution in [2.24, 2.45) is 0 Å². The molecule has 4 N–H and O–H groups in total. The summed E-state index contributed by atoms with van der Waals surface area (Å²) in [5, 5.41) is 21.1. The molecule has 116 valence electrons. The standard InChI is InChI=1S/C13H20N4O4/c18-7-10-3-1-2-4-17(10)13(21)16-11(12(19)20)5-9-6-14-8-15-9/h6,8,10-11,18H,1-5,7H2,(H,14,15)(H,16,21)(H,19,20)/t10?,11-/m0/s1. The Kier molecular flexibility index (Phi) is 5.15. The van der Waals surface area contributed by atoms with Crippen LogP contribution in [0.2, 0.25) is 0 Å². The number of imidazole rings is 1. The molecule has 1 saturated heterocycles. The molecule has 1 aliphatic heterocycles. The second-order valence-electron chi connectivity index (χ2n) is 5.15. The van der Waals surface area contributed by atoms with E-state index in [9.17, 15) is 19.8 Å². The number of carboxylic acid groups (broad SMARTS) is 1. The fraction of sp³-hybridized carbons (Fsp3) is 0.615. The molecule has 0 radical (unpaired) electrons. The van der Waals surface area contributed by atoms with Gasteiger partial charge >= 0.3 is 12.0 Å². The van der Waals surface area contributed by atoms with E-state index in [4.69, 9.17) is 0 Å². The molecule has 0 spiro atoms. The van der Waals surface area contributed by atoms with Crippen LogP contribution in [-0.4, -0.2) is 62.3 Å². The summed E-state index contributed by atoms with van der Waals surface area (Å²) < 4.78 is 0. The molecule has 0 bridgehead atoms. The molecule has 1 aromatic heterocycles. The topological polar surface area (TPSA) is 119 Å². The van der Waals surface area contributed by atoms with Gasteiger partial charge in [0.05, 0.1) is 19.0 Å². The van der Waals surface area contributed by atoms with Crippen molar-refractivity contribution in [1.82, 2.24) is 20.2 Å². The van der Waals surface area contributed by atoms with Gasteiger partial charge in [-0.15, -0.1) is 0 Å². The van der Waals surface area contributed by atoms with Crippen molar-refractivity contribution in [3.8, 4) is 0 Å². The van der Waals surface area contributed by atoms with Crippen LogP contribution in [-0.2, 0) is 11.2 Å². The number of aliphatic carboxylic acids is 1. The van der Waals surface area contributed by atoms with E-state index in [-0.39, 0.29) is 19.1 Å². The first-order chi connectivity index (χ1) is 10.1. The van der Waals surface area contributed by atoms with Crippen LogP contribution >= 0.6 is 0 Å². The summed E-state index contributed by atoms with van der Waals surface area (Å²) in [5.41, 5.74) is 0.639. The van der Waals surface area contributed by atoms with Crippen LogP contribution in [0, 0.1) is 0 Å². The number of nitrogens with zero attached hydrogens (tertiary/aromatic N) is 2. The molecule has 1 fully saturated rings. The SMILES string of the molecule is O=C(O)[C@H](Cc1cnc[nH]1)NC(=O)N1CCCCC1CO. The molecule has 2 heterocycles. The molecule has 1 aliphatic rings. The first-order valence-electron chi connectivity index (χ1n) is 7.00. The lowest BCUT2D eigenvalue weighted by molar-refractivity contribution is -0.139. The first kappa shape index (κ1) is 15.3. The molecule has 8 heteroatoms. The Hall–Kier alpha value is -2.09. The van der Waals surface area contributed by atoms with Crippen molar-refractivity contribution in [1.29, 1.82) is 0 Å². The van der Waals surface area contributed by atoms with Crippen LogP contribution in [0.15, 0.2) is 12.5 Å². The number of likely N-dealkylation sites (tertiary alicyclic amines) is 1. The second kappa shape index (κ2) is 7.07. The van der Waals surface area contributed by atoms with Gasteiger partial charge in [0.1, 0.15) is 6.04 Å². The number of rotatable bonds is 5. The van der Waals surface area contributed by atoms with E-state index in [0.717, 1.165) is 19.3 Å². The van der Waals surface area contributed by atoms with Gasteiger partial charge in [0.25, 0.3) is 0 Å². The minimum atomic E-state index is -1.10. The van der Waals surface area contributed by atoms with Gasteiger partial charge in [0.2, 0.25) is 0 Å². The van der Waals surface area contributed by atoms with E-state index >= 15 is 0 Å². The number of piperidine rings is 1. The van der Waals surface area contributed by atoms with Crippen molar-refractivity contribution in [2.45, 2.75) is 37.8 Å². The Morgan fingerprint density at radius 1 is 1.52 bits per heavy atom. The lowest BCUT2D eigenvalue weighted by Crippen LogP contribution is -2.54. The van der Waals surface area contributed by atoms with Gasteiger partial charge in [-0.25, -0.2) is 14.6 Å². The molecule has 1 aromatic rings. The molecule has 21 heavy (non-hydrogen) atoms. The summed E-state index contributed by atoms with van der Waals surface area (Å²) in [5.74, 6) is -1.10. The van der Waals surface area contributed by atoms with Crippen LogP contribution in [0.25, 0.3) is 0 Å². The van der Waals surface area contributed by atoms with Gasteiger partial charge in [-0.1, -0.05) is 0 Å². The molecule has 2 rings (SSSR count). The maximum atomic E-state index is 12.2. The van der Waals surface area contributed by atoms with Gasteiger partial charge in [-0.2, -0.15) is 0 Å². The van der Waals surface area contributed by atoms with Gasteiger partial charge in [-0.3, -0.25) is 0 Å². The fourth-order valence-corrected chi connectivity index (χ4v) is 2.51. The number of carboxylic acids is 1. The molecule has 0 aliphatic carbocycles. The second-order valence-corrected chi connectivity index (χ2v) is 5.15. The van der Waals surface area contributed by atoms with Crippen LogP contribution in [0.4, 0.5) is 4.79 Å². The highest BCUT2D eigenvalue weighted by Crippen LogP contribution is 2.16. The number of hydrogen-bond acceptors (Lipinski definition) is 4. The molecule has 0 aromatic carbocycles. The molecule has 1 unspecified atom stereocenters. The third-order valence-corrected chi connectivity index (χ3v) is 3.67. The van der Waals surface area contributed by atoms with E-state index in [1.807, 2.05) is 0 Å². The number of carbonyl (C=O) groups is 2. The lowest BCUT2D eigenvalue weighted by Gasteiger charge is -2.35. The number of amides is 2. The third kappa shape index (κ3) is 3.94. The fourth-order valence-electron chi connectivity index (χ4n) is 2.51. The Labute approximate surface area is 122 Å². The number of hydrogen-bond donors (Lipinski definition) is 4. The number of carbonyl (C=O) groups excluding carboxylic acids is 1.